The number of para-hydroxylation sites is 1. The Labute approximate surface area is 110 Å². The van der Waals surface area contributed by atoms with E-state index in [2.05, 4.69) is 0 Å². The Morgan fingerprint density at radius 1 is 0.895 bits per heavy atom. The van der Waals surface area contributed by atoms with Crippen LogP contribution in [0, 0.1) is 0 Å². The lowest BCUT2D eigenvalue weighted by atomic mass is 9.99. The fourth-order valence-corrected chi connectivity index (χ4v) is 1.70. The predicted octanol–water partition coefficient (Wildman–Crippen LogP) is 2.19. The van der Waals surface area contributed by atoms with E-state index in [-0.39, 0.29) is 0 Å². The largest absolute Gasteiger partial charge is 0.426 e. The molecule has 1 N–H and O–H groups in total. The molecule has 1 unspecified atom stereocenters. The van der Waals surface area contributed by atoms with Gasteiger partial charge in [0.1, 0.15) is 5.75 Å². The average molecular weight is 254 g/mol. The summed E-state index contributed by atoms with van der Waals surface area (Å²) in [5, 5.41) is 0. The molecule has 19 heavy (non-hydrogen) atoms. The van der Waals surface area contributed by atoms with Gasteiger partial charge in [-0.2, -0.15) is 0 Å². The summed E-state index contributed by atoms with van der Waals surface area (Å²) < 4.78 is 5.11. The molecular weight excluding hydrogens is 242 g/mol. The van der Waals surface area contributed by atoms with Gasteiger partial charge in [-0.3, -0.25) is 15.3 Å². The molecular formula is C15H12NO3. The third-order valence-electron chi connectivity index (χ3n) is 2.59. The number of esters is 1. The predicted molar refractivity (Wildman–Crippen MR) is 69.4 cm³/mol. The monoisotopic (exact) mass is 254 g/mol. The molecule has 0 aliphatic heterocycles. The summed E-state index contributed by atoms with van der Waals surface area (Å²) in [6, 6.07) is 16.9. The van der Waals surface area contributed by atoms with Crippen LogP contribution in [0.15, 0.2) is 60.7 Å². The van der Waals surface area contributed by atoms with E-state index in [4.69, 9.17) is 10.5 Å². The van der Waals surface area contributed by atoms with E-state index in [9.17, 15) is 9.59 Å². The highest BCUT2D eigenvalue weighted by atomic mass is 16.5. The topological polar surface area (TPSA) is 67.2 Å². The van der Waals surface area contributed by atoms with E-state index < -0.39 is 17.8 Å². The maximum atomic E-state index is 12.0. The van der Waals surface area contributed by atoms with Crippen molar-refractivity contribution in [1.82, 2.24) is 5.73 Å². The molecule has 2 aromatic carbocycles. The van der Waals surface area contributed by atoms with Crippen LogP contribution in [0.5, 0.6) is 5.75 Å². The van der Waals surface area contributed by atoms with Gasteiger partial charge in [0.15, 0.2) is 5.92 Å². The van der Waals surface area contributed by atoms with Crippen molar-refractivity contribution < 1.29 is 14.3 Å². The summed E-state index contributed by atoms with van der Waals surface area (Å²) in [5.41, 5.74) is 7.69. The average Bonchev–Trinajstić information content (AvgIpc) is 2.40. The minimum absolute atomic E-state index is 0.356. The third-order valence-corrected chi connectivity index (χ3v) is 2.59. The summed E-state index contributed by atoms with van der Waals surface area (Å²) in [6.45, 7) is 0. The first-order valence-electron chi connectivity index (χ1n) is 5.75. The molecule has 0 aromatic heterocycles. The van der Waals surface area contributed by atoms with Crippen molar-refractivity contribution in [2.75, 3.05) is 0 Å². The lowest BCUT2D eigenvalue weighted by Gasteiger charge is -2.12. The van der Waals surface area contributed by atoms with Crippen molar-refractivity contribution in [2.24, 2.45) is 0 Å². The molecule has 0 fully saturated rings. The zero-order valence-electron chi connectivity index (χ0n) is 10.1. The number of hydrogen-bond donors (Lipinski definition) is 0. The summed E-state index contributed by atoms with van der Waals surface area (Å²) in [6.07, 6.45) is 0. The summed E-state index contributed by atoms with van der Waals surface area (Å²) in [7, 11) is 0. The molecule has 1 amide bonds. The molecule has 4 heteroatoms. The first-order valence-corrected chi connectivity index (χ1v) is 5.75. The Morgan fingerprint density at radius 2 is 1.42 bits per heavy atom. The maximum Gasteiger partial charge on any atom is 0.328 e. The van der Waals surface area contributed by atoms with Crippen molar-refractivity contribution in [3.63, 3.8) is 0 Å². The Bertz CT molecular complexity index is 566. The Morgan fingerprint density at radius 3 is 1.95 bits per heavy atom. The van der Waals surface area contributed by atoms with Crippen molar-refractivity contribution in [2.45, 2.75) is 5.92 Å². The highest BCUT2D eigenvalue weighted by Gasteiger charge is 2.28. The van der Waals surface area contributed by atoms with Crippen LogP contribution in [0.4, 0.5) is 0 Å². The number of nitrogens with one attached hydrogen (secondary N) is 1. The van der Waals surface area contributed by atoms with Gasteiger partial charge in [-0.1, -0.05) is 48.5 Å². The molecule has 0 saturated carbocycles. The Kier molecular flexibility index (Phi) is 3.93. The third kappa shape index (κ3) is 3.19. The van der Waals surface area contributed by atoms with Crippen LogP contribution in [0.2, 0.25) is 0 Å². The van der Waals surface area contributed by atoms with Crippen molar-refractivity contribution >= 4 is 11.9 Å². The van der Waals surface area contributed by atoms with Gasteiger partial charge in [-0.15, -0.1) is 0 Å². The first-order chi connectivity index (χ1) is 9.18. The van der Waals surface area contributed by atoms with E-state index in [1.54, 1.807) is 60.7 Å². The van der Waals surface area contributed by atoms with Crippen LogP contribution in [0.3, 0.4) is 0 Å². The van der Waals surface area contributed by atoms with Crippen molar-refractivity contribution in [1.29, 1.82) is 0 Å². The highest BCUT2D eigenvalue weighted by Crippen LogP contribution is 2.19. The van der Waals surface area contributed by atoms with Crippen LogP contribution in [0.1, 0.15) is 11.5 Å². The standard InChI is InChI=1S/C15H12NO3/c16-14(17)13(11-7-3-1-4-8-11)15(18)19-12-9-5-2-6-10-12/h1-10,13,16H. The van der Waals surface area contributed by atoms with Gasteiger partial charge in [-0.05, 0) is 17.7 Å². The number of carbonyl (C=O) groups excluding carboxylic acids is 2. The van der Waals surface area contributed by atoms with Gasteiger partial charge in [0.05, 0.1) is 0 Å². The lowest BCUT2D eigenvalue weighted by molar-refractivity contribution is -0.140. The van der Waals surface area contributed by atoms with E-state index >= 15 is 0 Å². The Hall–Kier alpha value is -2.62. The zero-order valence-corrected chi connectivity index (χ0v) is 10.1. The number of rotatable bonds is 4. The zero-order chi connectivity index (χ0) is 13.7. The number of hydrogen-bond acceptors (Lipinski definition) is 3. The summed E-state index contributed by atoms with van der Waals surface area (Å²) >= 11 is 0. The normalized spacial score (nSPS) is 11.6. The second-order valence-electron chi connectivity index (χ2n) is 3.94. The van der Waals surface area contributed by atoms with Gasteiger partial charge in [-0.25, -0.2) is 0 Å². The second-order valence-corrected chi connectivity index (χ2v) is 3.94. The van der Waals surface area contributed by atoms with Crippen molar-refractivity contribution in [3.05, 3.63) is 66.2 Å². The van der Waals surface area contributed by atoms with Gasteiger partial charge in [0.25, 0.3) is 5.91 Å². The smallest absolute Gasteiger partial charge is 0.328 e. The number of carbonyl (C=O) groups is 2. The Balaban J connectivity index is 2.21. The SMILES string of the molecule is [NH]C(=O)C(C(=O)Oc1ccccc1)c1ccccc1. The van der Waals surface area contributed by atoms with Crippen LogP contribution < -0.4 is 10.5 Å². The van der Waals surface area contributed by atoms with Crippen LogP contribution >= 0.6 is 0 Å². The molecule has 2 rings (SSSR count). The molecule has 0 spiro atoms. The van der Waals surface area contributed by atoms with Crippen molar-refractivity contribution in [3.8, 4) is 5.75 Å². The molecule has 4 nitrogen and oxygen atoms in total. The van der Waals surface area contributed by atoms with E-state index in [1.807, 2.05) is 0 Å². The second kappa shape index (κ2) is 5.82. The molecule has 2 aromatic rings. The molecule has 1 radical (unpaired) electrons. The first kappa shape index (κ1) is 12.8. The van der Waals surface area contributed by atoms with Gasteiger partial charge >= 0.3 is 5.97 Å². The molecule has 1 atom stereocenters. The van der Waals surface area contributed by atoms with E-state index in [1.165, 1.54) is 0 Å². The van der Waals surface area contributed by atoms with E-state index in [0.29, 0.717) is 11.3 Å². The van der Waals surface area contributed by atoms with Crippen LogP contribution in [-0.4, -0.2) is 11.9 Å². The molecule has 0 aliphatic carbocycles. The van der Waals surface area contributed by atoms with Gasteiger partial charge < -0.3 is 4.74 Å². The molecule has 0 aliphatic rings. The quantitative estimate of drug-likeness (QED) is 0.477. The molecule has 0 saturated heterocycles. The number of ether oxygens (including phenoxy) is 1. The lowest BCUT2D eigenvalue weighted by Crippen LogP contribution is -2.26. The summed E-state index contributed by atoms with van der Waals surface area (Å²) in [5.74, 6) is -2.57. The van der Waals surface area contributed by atoms with E-state index in [0.717, 1.165) is 0 Å². The van der Waals surface area contributed by atoms with Crippen LogP contribution in [-0.2, 0) is 9.59 Å². The van der Waals surface area contributed by atoms with Gasteiger partial charge in [0, 0.05) is 0 Å². The molecule has 95 valence electrons. The fourth-order valence-electron chi connectivity index (χ4n) is 1.70. The number of amides is 1. The number of benzene rings is 2. The minimum atomic E-state index is -1.21. The summed E-state index contributed by atoms with van der Waals surface area (Å²) in [4.78, 5) is 23.3. The fraction of sp³-hybridized carbons (Fsp3) is 0.0667. The molecule has 0 bridgehead atoms. The highest BCUT2D eigenvalue weighted by molar-refractivity contribution is 6.03. The minimum Gasteiger partial charge on any atom is -0.426 e. The molecule has 0 heterocycles. The maximum absolute atomic E-state index is 12.0. The van der Waals surface area contributed by atoms with Gasteiger partial charge in [0.2, 0.25) is 0 Å². The van der Waals surface area contributed by atoms with Crippen LogP contribution in [0.25, 0.3) is 0 Å².